The molecule has 20 heavy (non-hydrogen) atoms. The standard InChI is InChI=1S/C15H14BrNO3/c1-9-8-15(2)13(11(16)12(9)18)17(14(19)20-15)10-6-4-3-5-7-10/h3-8,11,13H,1-2H3/t11-,13+,15-/m1/s1. The molecule has 1 saturated heterocycles. The van der Waals surface area contributed by atoms with Crippen LogP contribution in [-0.2, 0) is 9.53 Å². The molecule has 5 heteroatoms. The summed E-state index contributed by atoms with van der Waals surface area (Å²) in [6.07, 6.45) is 1.32. The van der Waals surface area contributed by atoms with Crippen LogP contribution in [0.25, 0.3) is 0 Å². The highest BCUT2D eigenvalue weighted by atomic mass is 79.9. The fourth-order valence-corrected chi connectivity index (χ4v) is 4.04. The summed E-state index contributed by atoms with van der Waals surface area (Å²) >= 11 is 3.44. The lowest BCUT2D eigenvalue weighted by molar-refractivity contribution is -0.116. The van der Waals surface area contributed by atoms with Crippen molar-refractivity contribution in [2.24, 2.45) is 0 Å². The number of ether oxygens (including phenoxy) is 1. The number of Topliss-reactive ketones (excluding diaryl/α,β-unsaturated/α-hetero) is 1. The Morgan fingerprint density at radius 1 is 1.25 bits per heavy atom. The molecule has 0 saturated carbocycles. The summed E-state index contributed by atoms with van der Waals surface area (Å²) in [5.41, 5.74) is 0.559. The van der Waals surface area contributed by atoms with Gasteiger partial charge in [-0.15, -0.1) is 0 Å². The first kappa shape index (κ1) is 13.4. The van der Waals surface area contributed by atoms with E-state index < -0.39 is 16.5 Å². The molecule has 1 aliphatic carbocycles. The Morgan fingerprint density at radius 2 is 1.90 bits per heavy atom. The van der Waals surface area contributed by atoms with Crippen molar-refractivity contribution in [3.8, 4) is 0 Å². The Kier molecular flexibility index (Phi) is 2.97. The van der Waals surface area contributed by atoms with Crippen LogP contribution >= 0.6 is 15.9 Å². The van der Waals surface area contributed by atoms with Crippen molar-refractivity contribution in [1.29, 1.82) is 0 Å². The largest absolute Gasteiger partial charge is 0.436 e. The van der Waals surface area contributed by atoms with E-state index in [0.717, 1.165) is 5.69 Å². The number of benzene rings is 1. The zero-order chi connectivity index (χ0) is 14.5. The quantitative estimate of drug-likeness (QED) is 0.741. The fraction of sp³-hybridized carbons (Fsp3) is 0.333. The predicted octanol–water partition coefficient (Wildman–Crippen LogP) is 3.06. The van der Waals surface area contributed by atoms with Crippen LogP contribution in [0.2, 0.25) is 0 Å². The van der Waals surface area contributed by atoms with Gasteiger partial charge in [-0.1, -0.05) is 34.1 Å². The number of nitrogens with zero attached hydrogens (tertiary/aromatic N) is 1. The molecule has 0 spiro atoms. The van der Waals surface area contributed by atoms with Gasteiger partial charge in [-0.05, 0) is 37.6 Å². The molecule has 1 heterocycles. The molecule has 0 unspecified atom stereocenters. The van der Waals surface area contributed by atoms with Crippen LogP contribution in [-0.4, -0.2) is 28.3 Å². The molecule has 2 aliphatic rings. The average Bonchev–Trinajstić information content (AvgIpc) is 2.68. The summed E-state index contributed by atoms with van der Waals surface area (Å²) < 4.78 is 5.54. The second kappa shape index (κ2) is 4.45. The Hall–Kier alpha value is -1.62. The minimum atomic E-state index is -0.793. The monoisotopic (exact) mass is 335 g/mol. The number of halogens is 1. The molecule has 0 bridgehead atoms. The maximum absolute atomic E-state index is 12.2. The number of carbonyl (C=O) groups is 2. The van der Waals surface area contributed by atoms with Gasteiger partial charge < -0.3 is 4.74 Å². The Morgan fingerprint density at radius 3 is 2.55 bits per heavy atom. The summed E-state index contributed by atoms with van der Waals surface area (Å²) in [6.45, 7) is 3.58. The maximum atomic E-state index is 12.2. The van der Waals surface area contributed by atoms with Gasteiger partial charge in [0.1, 0.15) is 10.9 Å². The zero-order valence-corrected chi connectivity index (χ0v) is 12.8. The van der Waals surface area contributed by atoms with E-state index in [-0.39, 0.29) is 11.8 Å². The van der Waals surface area contributed by atoms with Gasteiger partial charge in [0.25, 0.3) is 0 Å². The van der Waals surface area contributed by atoms with Crippen LogP contribution in [0.5, 0.6) is 0 Å². The van der Waals surface area contributed by atoms with Crippen LogP contribution in [0.15, 0.2) is 42.0 Å². The summed E-state index contributed by atoms with van der Waals surface area (Å²) in [4.78, 5) is 25.5. The molecule has 0 aromatic heterocycles. The van der Waals surface area contributed by atoms with Crippen LogP contribution in [0.3, 0.4) is 0 Å². The van der Waals surface area contributed by atoms with Gasteiger partial charge in [-0.3, -0.25) is 9.69 Å². The number of carbonyl (C=O) groups excluding carboxylic acids is 2. The number of amides is 1. The molecule has 1 aromatic carbocycles. The number of hydrogen-bond acceptors (Lipinski definition) is 3. The summed E-state index contributed by atoms with van der Waals surface area (Å²) in [5, 5.41) is 0. The number of anilines is 1. The second-order valence-corrected chi connectivity index (χ2v) is 6.28. The van der Waals surface area contributed by atoms with Crippen molar-refractivity contribution in [1.82, 2.24) is 0 Å². The highest BCUT2D eigenvalue weighted by Gasteiger charge is 2.57. The van der Waals surface area contributed by atoms with Gasteiger partial charge in [0.15, 0.2) is 11.4 Å². The van der Waals surface area contributed by atoms with Gasteiger partial charge in [0.05, 0.1) is 0 Å². The first-order valence-electron chi connectivity index (χ1n) is 6.39. The van der Waals surface area contributed by atoms with Gasteiger partial charge >= 0.3 is 6.09 Å². The number of rotatable bonds is 1. The third-order valence-corrected chi connectivity index (χ3v) is 4.74. The molecule has 0 radical (unpaired) electrons. The highest BCUT2D eigenvalue weighted by Crippen LogP contribution is 2.42. The van der Waals surface area contributed by atoms with Gasteiger partial charge in [0, 0.05) is 5.69 Å². The maximum Gasteiger partial charge on any atom is 0.415 e. The van der Waals surface area contributed by atoms with Gasteiger partial charge in [-0.2, -0.15) is 0 Å². The number of ketones is 1. The minimum Gasteiger partial charge on any atom is -0.436 e. The summed E-state index contributed by atoms with van der Waals surface area (Å²) in [5.74, 6) is -0.00768. The molecule has 1 aromatic rings. The van der Waals surface area contributed by atoms with E-state index in [2.05, 4.69) is 15.9 Å². The Bertz CT molecular complexity index is 613. The SMILES string of the molecule is CC1=C[C@@]2(C)OC(=O)N(c3ccccc3)[C@H]2[C@H](Br)C1=O. The van der Waals surface area contributed by atoms with Gasteiger partial charge in [0.2, 0.25) is 0 Å². The Labute approximate surface area is 125 Å². The van der Waals surface area contributed by atoms with Crippen molar-refractivity contribution in [3.63, 3.8) is 0 Å². The minimum absolute atomic E-state index is 0.00768. The van der Waals surface area contributed by atoms with Crippen LogP contribution in [0.4, 0.5) is 10.5 Å². The van der Waals surface area contributed by atoms with Crippen LogP contribution in [0.1, 0.15) is 13.8 Å². The van der Waals surface area contributed by atoms with Crippen molar-refractivity contribution in [2.45, 2.75) is 30.3 Å². The molecule has 4 nitrogen and oxygen atoms in total. The van der Waals surface area contributed by atoms with E-state index in [9.17, 15) is 9.59 Å². The lowest BCUT2D eigenvalue weighted by Gasteiger charge is -2.36. The summed E-state index contributed by atoms with van der Waals surface area (Å²) in [6, 6.07) is 8.88. The first-order chi connectivity index (χ1) is 9.44. The smallest absolute Gasteiger partial charge is 0.415 e. The number of para-hydroxylation sites is 1. The molecule has 1 fully saturated rings. The average molecular weight is 336 g/mol. The normalized spacial score (nSPS) is 32.8. The molecule has 104 valence electrons. The lowest BCUT2D eigenvalue weighted by atomic mass is 9.82. The van der Waals surface area contributed by atoms with E-state index in [1.165, 1.54) is 0 Å². The molecule has 1 aliphatic heterocycles. The van der Waals surface area contributed by atoms with Crippen molar-refractivity contribution >= 4 is 33.5 Å². The second-order valence-electron chi connectivity index (χ2n) is 5.30. The van der Waals surface area contributed by atoms with Crippen molar-refractivity contribution in [2.75, 3.05) is 4.90 Å². The molecular weight excluding hydrogens is 322 g/mol. The number of hydrogen-bond donors (Lipinski definition) is 0. The Balaban J connectivity index is 2.11. The summed E-state index contributed by atoms with van der Waals surface area (Å²) in [7, 11) is 0. The predicted molar refractivity (Wildman–Crippen MR) is 79.1 cm³/mol. The molecule has 3 atom stereocenters. The third-order valence-electron chi connectivity index (χ3n) is 3.82. The number of allylic oxidation sites excluding steroid dienone is 1. The van der Waals surface area contributed by atoms with E-state index in [1.54, 1.807) is 17.9 Å². The third kappa shape index (κ3) is 1.80. The van der Waals surface area contributed by atoms with E-state index in [4.69, 9.17) is 4.74 Å². The molecular formula is C15H14BrNO3. The first-order valence-corrected chi connectivity index (χ1v) is 7.30. The zero-order valence-electron chi connectivity index (χ0n) is 11.2. The lowest BCUT2D eigenvalue weighted by Crippen LogP contribution is -2.54. The molecule has 3 rings (SSSR count). The van der Waals surface area contributed by atoms with Crippen molar-refractivity contribution in [3.05, 3.63) is 42.0 Å². The molecule has 1 amide bonds. The van der Waals surface area contributed by atoms with Crippen LogP contribution < -0.4 is 4.90 Å². The fourth-order valence-electron chi connectivity index (χ4n) is 2.92. The van der Waals surface area contributed by atoms with Crippen molar-refractivity contribution < 1.29 is 14.3 Å². The van der Waals surface area contributed by atoms with Gasteiger partial charge in [-0.25, -0.2) is 4.79 Å². The topological polar surface area (TPSA) is 46.6 Å². The number of fused-ring (bicyclic) bond motifs is 1. The highest BCUT2D eigenvalue weighted by molar-refractivity contribution is 9.10. The van der Waals surface area contributed by atoms with Crippen LogP contribution in [0, 0.1) is 0 Å². The van der Waals surface area contributed by atoms with E-state index in [1.807, 2.05) is 37.3 Å². The number of alkyl halides is 1. The van der Waals surface area contributed by atoms with E-state index in [0.29, 0.717) is 5.57 Å². The molecule has 0 N–H and O–H groups in total. The van der Waals surface area contributed by atoms with E-state index >= 15 is 0 Å².